The third-order valence-electron chi connectivity index (χ3n) is 6.69. The molecule has 0 aliphatic carbocycles. The highest BCUT2D eigenvalue weighted by Crippen LogP contribution is 2.50. The fourth-order valence-corrected chi connectivity index (χ4v) is 6.49. The van der Waals surface area contributed by atoms with E-state index in [1.807, 2.05) is 12.1 Å². The minimum absolute atomic E-state index is 0.0907. The summed E-state index contributed by atoms with van der Waals surface area (Å²) in [5.41, 5.74) is 10.9. The minimum Gasteiger partial charge on any atom is -0.375 e. The highest BCUT2D eigenvalue weighted by Gasteiger charge is 2.60. The number of nitrogens with one attached hydrogen (secondary N) is 2. The Bertz CT molecular complexity index is 1190. The molecule has 1 saturated heterocycles. The molecule has 1 amide bonds. The molecule has 184 valence electrons. The first-order valence-corrected chi connectivity index (χ1v) is 13.7. The van der Waals surface area contributed by atoms with E-state index in [4.69, 9.17) is 33.7 Å². The van der Waals surface area contributed by atoms with Gasteiger partial charge in [-0.15, -0.1) is 0 Å². The molecule has 2 aliphatic heterocycles. The third kappa shape index (κ3) is 4.70. The summed E-state index contributed by atoms with van der Waals surface area (Å²) in [6, 6.07) is 11.5. The zero-order chi connectivity index (χ0) is 24.6. The van der Waals surface area contributed by atoms with E-state index in [2.05, 4.69) is 10.7 Å². The number of nitrogens with two attached hydrogens (primary N) is 1. The second kappa shape index (κ2) is 9.73. The summed E-state index contributed by atoms with van der Waals surface area (Å²) >= 11 is 12.0. The van der Waals surface area contributed by atoms with Crippen molar-refractivity contribution in [1.82, 2.24) is 14.7 Å². The SMILES string of the molecule is CS(=O)(=O)[N+]1(NC(=O)C(N)COCc2ccc(Cl)c(Cl)c2)CC2(CCNCC2)c2ccccc21. The molecule has 0 bridgehead atoms. The first kappa shape index (κ1) is 25.4. The zero-order valence-electron chi connectivity index (χ0n) is 18.9. The van der Waals surface area contributed by atoms with Gasteiger partial charge in [-0.1, -0.05) is 51.5 Å². The molecule has 4 rings (SSSR count). The summed E-state index contributed by atoms with van der Waals surface area (Å²) < 4.78 is 31.4. The van der Waals surface area contributed by atoms with Crippen molar-refractivity contribution in [2.45, 2.75) is 30.9 Å². The largest absolute Gasteiger partial charge is 0.375 e. The van der Waals surface area contributed by atoms with E-state index in [1.54, 1.807) is 30.3 Å². The minimum atomic E-state index is -3.79. The number of benzene rings is 2. The van der Waals surface area contributed by atoms with Crippen LogP contribution in [0.15, 0.2) is 42.5 Å². The van der Waals surface area contributed by atoms with Crippen molar-refractivity contribution >= 4 is 44.8 Å². The lowest BCUT2D eigenvalue weighted by atomic mass is 9.75. The number of piperidine rings is 1. The molecule has 2 unspecified atom stereocenters. The maximum Gasteiger partial charge on any atom is 0.321 e. The number of amides is 1. The van der Waals surface area contributed by atoms with Crippen molar-refractivity contribution in [2.24, 2.45) is 5.73 Å². The van der Waals surface area contributed by atoms with Gasteiger partial charge < -0.3 is 15.8 Å². The number of fused-ring (bicyclic) bond motifs is 2. The molecule has 0 aromatic heterocycles. The summed E-state index contributed by atoms with van der Waals surface area (Å²) in [7, 11) is -3.79. The standard InChI is InChI=1S/C23H28Cl2N4O4S/c1-34(31,32)29(15-23(8-10-27-11-9-23)17-4-2-3-5-21(17)29)28-22(30)20(26)14-33-13-16-6-7-18(24)19(25)12-16/h2-7,12,20,27H,8-11,13-15,26H2,1H3/p+1. The van der Waals surface area contributed by atoms with Crippen molar-refractivity contribution in [1.29, 1.82) is 0 Å². The topological polar surface area (TPSA) is 111 Å². The van der Waals surface area contributed by atoms with E-state index in [9.17, 15) is 13.2 Å². The van der Waals surface area contributed by atoms with E-state index >= 15 is 0 Å². The van der Waals surface area contributed by atoms with Gasteiger partial charge in [0.05, 0.1) is 34.9 Å². The lowest BCUT2D eigenvalue weighted by molar-refractivity contribution is -0.126. The smallest absolute Gasteiger partial charge is 0.321 e. The average molecular weight is 528 g/mol. The Morgan fingerprint density at radius 2 is 1.91 bits per heavy atom. The molecule has 2 aromatic rings. The zero-order valence-corrected chi connectivity index (χ0v) is 21.2. The third-order valence-corrected chi connectivity index (χ3v) is 8.98. The van der Waals surface area contributed by atoms with Gasteiger partial charge in [-0.2, -0.15) is 13.8 Å². The number of carbonyl (C=O) groups excluding carboxylic acids is 1. The number of hydrogen-bond acceptors (Lipinski definition) is 6. The van der Waals surface area contributed by atoms with Crippen LogP contribution in [0.4, 0.5) is 5.69 Å². The van der Waals surface area contributed by atoms with Gasteiger partial charge >= 0.3 is 10.0 Å². The molecule has 1 fully saturated rings. The van der Waals surface area contributed by atoms with Crippen LogP contribution in [0.1, 0.15) is 24.0 Å². The van der Waals surface area contributed by atoms with Crippen LogP contribution in [0.2, 0.25) is 10.0 Å². The van der Waals surface area contributed by atoms with Crippen molar-refractivity contribution in [2.75, 3.05) is 32.5 Å². The van der Waals surface area contributed by atoms with Crippen LogP contribution < -0.4 is 20.5 Å². The van der Waals surface area contributed by atoms with Gasteiger partial charge in [-0.3, -0.25) is 4.79 Å². The van der Waals surface area contributed by atoms with Gasteiger partial charge in [0.25, 0.3) is 5.91 Å². The highest BCUT2D eigenvalue weighted by molar-refractivity contribution is 7.90. The molecule has 1 spiro atoms. The number of quaternary nitrogens is 1. The molecule has 0 saturated carbocycles. The highest BCUT2D eigenvalue weighted by atomic mass is 35.5. The number of rotatable bonds is 7. The van der Waals surface area contributed by atoms with E-state index in [1.165, 1.54) is 0 Å². The average Bonchev–Trinajstić information content (AvgIpc) is 3.07. The van der Waals surface area contributed by atoms with Crippen LogP contribution >= 0.6 is 23.2 Å². The van der Waals surface area contributed by atoms with Gasteiger partial charge in [0, 0.05) is 11.6 Å². The molecular formula is C23H29Cl2N4O4S+. The Labute approximate surface area is 210 Å². The number of ether oxygens (including phenoxy) is 1. The first-order valence-electron chi connectivity index (χ1n) is 11.1. The number of hydrogen-bond donors (Lipinski definition) is 3. The number of sulfonamides is 1. The quantitative estimate of drug-likeness (QED) is 0.477. The Hall–Kier alpha value is -1.72. The van der Waals surface area contributed by atoms with Crippen molar-refractivity contribution in [3.63, 3.8) is 0 Å². The lowest BCUT2D eigenvalue weighted by Crippen LogP contribution is -2.68. The molecular weight excluding hydrogens is 499 g/mol. The summed E-state index contributed by atoms with van der Waals surface area (Å²) in [6.45, 7) is 1.90. The molecule has 8 nitrogen and oxygen atoms in total. The fourth-order valence-electron chi connectivity index (χ4n) is 4.91. The van der Waals surface area contributed by atoms with E-state index in [-0.39, 0.29) is 25.2 Å². The van der Waals surface area contributed by atoms with Gasteiger partial charge in [0.2, 0.25) is 0 Å². The summed E-state index contributed by atoms with van der Waals surface area (Å²) in [6.07, 6.45) is 2.72. The fraction of sp³-hybridized carbons (Fsp3) is 0.435. The number of halogens is 2. The predicted octanol–water partition coefficient (Wildman–Crippen LogP) is 2.47. The van der Waals surface area contributed by atoms with Crippen LogP contribution in [0.3, 0.4) is 0 Å². The van der Waals surface area contributed by atoms with Gasteiger partial charge in [0.15, 0.2) is 5.69 Å². The molecule has 2 aromatic carbocycles. The Morgan fingerprint density at radius 3 is 2.59 bits per heavy atom. The Morgan fingerprint density at radius 1 is 1.21 bits per heavy atom. The lowest BCUT2D eigenvalue weighted by Gasteiger charge is -2.36. The summed E-state index contributed by atoms with van der Waals surface area (Å²) in [5.74, 6) is -0.597. The van der Waals surface area contributed by atoms with E-state index < -0.39 is 26.0 Å². The van der Waals surface area contributed by atoms with Crippen molar-refractivity contribution < 1.29 is 17.9 Å². The van der Waals surface area contributed by atoms with Crippen molar-refractivity contribution in [3.8, 4) is 0 Å². The second-order valence-electron chi connectivity index (χ2n) is 9.02. The molecule has 2 heterocycles. The Kier molecular flexibility index (Phi) is 7.26. The van der Waals surface area contributed by atoms with Gasteiger partial charge in [-0.25, -0.2) is 0 Å². The molecule has 0 radical (unpaired) electrons. The molecule has 34 heavy (non-hydrogen) atoms. The van der Waals surface area contributed by atoms with Crippen LogP contribution in [0.25, 0.3) is 0 Å². The number of nitrogens with zero attached hydrogens (tertiary/aromatic N) is 1. The van der Waals surface area contributed by atoms with E-state index in [0.717, 1.165) is 43.3 Å². The maximum atomic E-state index is 13.2. The maximum absolute atomic E-state index is 13.2. The molecule has 11 heteroatoms. The van der Waals surface area contributed by atoms with Gasteiger partial charge in [0.1, 0.15) is 12.6 Å². The van der Waals surface area contributed by atoms with Gasteiger partial charge in [-0.05, 0) is 43.6 Å². The van der Waals surface area contributed by atoms with Crippen LogP contribution in [0, 0.1) is 0 Å². The summed E-state index contributed by atoms with van der Waals surface area (Å²) in [4.78, 5) is 13.1. The number of carbonyl (C=O) groups is 1. The van der Waals surface area contributed by atoms with Crippen LogP contribution in [0.5, 0.6) is 0 Å². The van der Waals surface area contributed by atoms with Crippen molar-refractivity contribution in [3.05, 3.63) is 63.6 Å². The Balaban J connectivity index is 1.52. The van der Waals surface area contributed by atoms with E-state index in [0.29, 0.717) is 15.7 Å². The molecule has 4 N–H and O–H groups in total. The van der Waals surface area contributed by atoms with Crippen LogP contribution in [-0.2, 0) is 31.6 Å². The molecule has 2 aliphatic rings. The first-order chi connectivity index (χ1) is 16.1. The summed E-state index contributed by atoms with van der Waals surface area (Å²) in [5, 5.41) is 4.18. The number of para-hydroxylation sites is 1. The predicted molar refractivity (Wildman–Crippen MR) is 134 cm³/mol. The monoisotopic (exact) mass is 527 g/mol. The molecule has 2 atom stereocenters. The van der Waals surface area contributed by atoms with Crippen LogP contribution in [-0.4, -0.2) is 52.9 Å². The normalized spacial score (nSPS) is 22.4. The second-order valence-corrected chi connectivity index (χ2v) is 11.9.